The van der Waals surface area contributed by atoms with Crippen molar-refractivity contribution < 1.29 is 15.0 Å². The number of aliphatic hydroxyl groups is 2. The molecule has 9 atom stereocenters. The zero-order valence-electron chi connectivity index (χ0n) is 24.2. The zero-order valence-corrected chi connectivity index (χ0v) is 24.2. The minimum Gasteiger partial charge on any atom is -0.393 e. The molecule has 39 heavy (non-hydrogen) atoms. The van der Waals surface area contributed by atoms with Gasteiger partial charge in [0.25, 0.3) is 0 Å². The lowest BCUT2D eigenvalue weighted by Gasteiger charge is -2.60. The second kappa shape index (κ2) is 10.1. The van der Waals surface area contributed by atoms with Crippen LogP contribution in [-0.2, 0) is 10.4 Å². The van der Waals surface area contributed by atoms with E-state index in [9.17, 15) is 15.0 Å². The maximum Gasteiger partial charge on any atom is 0.137 e. The molecule has 210 valence electrons. The van der Waals surface area contributed by atoms with Crippen molar-refractivity contribution >= 4 is 5.78 Å². The molecule has 2 N–H and O–H groups in total. The Kier molecular flexibility index (Phi) is 7.08. The van der Waals surface area contributed by atoms with E-state index in [2.05, 4.69) is 20.8 Å². The Morgan fingerprint density at radius 2 is 1.54 bits per heavy atom. The molecule has 2 aromatic rings. The summed E-state index contributed by atoms with van der Waals surface area (Å²) in [7, 11) is 0. The van der Waals surface area contributed by atoms with E-state index in [-0.39, 0.29) is 22.9 Å². The Hall–Kier alpha value is -1.97. The first-order chi connectivity index (χ1) is 18.7. The monoisotopic (exact) mass is 528 g/mol. The molecule has 0 unspecified atom stereocenters. The smallest absolute Gasteiger partial charge is 0.137 e. The normalized spacial score (nSPS) is 38.9. The number of fused-ring (bicyclic) bond motifs is 5. The van der Waals surface area contributed by atoms with Gasteiger partial charge in [-0.15, -0.1) is 0 Å². The fourth-order valence-electron chi connectivity index (χ4n) is 10.5. The predicted molar refractivity (Wildman–Crippen MR) is 156 cm³/mol. The fourth-order valence-corrected chi connectivity index (χ4v) is 10.5. The van der Waals surface area contributed by atoms with E-state index in [1.54, 1.807) is 0 Å². The molecule has 0 radical (unpaired) electrons. The van der Waals surface area contributed by atoms with Crippen LogP contribution in [0.3, 0.4) is 0 Å². The van der Waals surface area contributed by atoms with Crippen LogP contribution in [0.4, 0.5) is 0 Å². The number of hydrogen-bond donors (Lipinski definition) is 2. The lowest BCUT2D eigenvalue weighted by Crippen LogP contribution is -2.58. The SMILES string of the molecule is C[C@H](CCC(O)(c1ccccc1)c1ccccc1)[C@@H]1CC[C@@H]2[C@@H]3CC[C@@H]4C[C@H](O)CC[C@]4(C)[C@H]3C(=O)C[C@@]21C. The van der Waals surface area contributed by atoms with Crippen molar-refractivity contribution in [3.05, 3.63) is 71.8 Å². The van der Waals surface area contributed by atoms with Crippen LogP contribution in [0, 0.1) is 46.3 Å². The van der Waals surface area contributed by atoms with Crippen LogP contribution < -0.4 is 0 Å². The van der Waals surface area contributed by atoms with Gasteiger partial charge in [-0.25, -0.2) is 0 Å². The molecule has 3 heteroatoms. The van der Waals surface area contributed by atoms with Crippen molar-refractivity contribution in [1.29, 1.82) is 0 Å². The maximum absolute atomic E-state index is 14.1. The highest BCUT2D eigenvalue weighted by Gasteiger charge is 2.63. The Morgan fingerprint density at radius 3 is 2.18 bits per heavy atom. The summed E-state index contributed by atoms with van der Waals surface area (Å²) in [6, 6.07) is 20.3. The largest absolute Gasteiger partial charge is 0.393 e. The second-order valence-electron chi connectivity index (χ2n) is 14.4. The van der Waals surface area contributed by atoms with E-state index in [1.807, 2.05) is 60.7 Å². The summed E-state index contributed by atoms with van der Waals surface area (Å²) in [6.07, 6.45) is 9.70. The van der Waals surface area contributed by atoms with Crippen molar-refractivity contribution in [2.75, 3.05) is 0 Å². The molecule has 0 amide bonds. The maximum atomic E-state index is 14.1. The van der Waals surface area contributed by atoms with Crippen LogP contribution in [0.2, 0.25) is 0 Å². The van der Waals surface area contributed by atoms with E-state index >= 15 is 0 Å². The van der Waals surface area contributed by atoms with Crippen LogP contribution in [0.15, 0.2) is 60.7 Å². The average molecular weight is 529 g/mol. The molecule has 0 spiro atoms. The highest BCUT2D eigenvalue weighted by Crippen LogP contribution is 2.67. The van der Waals surface area contributed by atoms with E-state index in [0.717, 1.165) is 49.7 Å². The summed E-state index contributed by atoms with van der Waals surface area (Å²) in [5, 5.41) is 22.5. The van der Waals surface area contributed by atoms with Gasteiger partial charge in [0.15, 0.2) is 0 Å². The molecule has 0 aliphatic heterocycles. The average Bonchev–Trinajstić information content (AvgIpc) is 3.29. The number of hydrogen-bond acceptors (Lipinski definition) is 3. The van der Waals surface area contributed by atoms with Gasteiger partial charge >= 0.3 is 0 Å². The summed E-state index contributed by atoms with van der Waals surface area (Å²) < 4.78 is 0. The van der Waals surface area contributed by atoms with Gasteiger partial charge in [0.05, 0.1) is 6.10 Å². The standard InChI is InChI=1S/C36H48O3/c1-24(18-21-36(39,25-10-6-4-7-11-25)26-12-8-5-9-13-26)30-16-17-31-29-15-14-27-22-28(37)19-20-34(27,2)33(29)32(38)23-35(30,31)3/h4-13,24,27-31,33,37,39H,14-23H2,1-3H3/t24-,27-,28-,29+,30+,31-,33-,34+,35-/m1/s1. The van der Waals surface area contributed by atoms with Gasteiger partial charge < -0.3 is 10.2 Å². The number of Topliss-reactive ketones (excluding diaryl/α,β-unsaturated/α-hetero) is 1. The van der Waals surface area contributed by atoms with E-state index in [4.69, 9.17) is 0 Å². The molecular weight excluding hydrogens is 480 g/mol. The van der Waals surface area contributed by atoms with Crippen molar-refractivity contribution in [1.82, 2.24) is 0 Å². The third-order valence-corrected chi connectivity index (χ3v) is 12.5. The third-order valence-electron chi connectivity index (χ3n) is 12.5. The number of carbonyl (C=O) groups excluding carboxylic acids is 1. The summed E-state index contributed by atoms with van der Waals surface area (Å²) >= 11 is 0. The number of rotatable bonds is 6. The minimum atomic E-state index is -1.01. The summed E-state index contributed by atoms with van der Waals surface area (Å²) in [5.41, 5.74) is 1.04. The minimum absolute atomic E-state index is 0.0622. The van der Waals surface area contributed by atoms with Crippen molar-refractivity contribution in [2.24, 2.45) is 46.3 Å². The molecule has 4 fully saturated rings. The number of carbonyl (C=O) groups is 1. The van der Waals surface area contributed by atoms with E-state index in [1.165, 1.54) is 19.3 Å². The number of aliphatic hydroxyl groups excluding tert-OH is 1. The lowest BCUT2D eigenvalue weighted by molar-refractivity contribution is -0.162. The molecule has 3 nitrogen and oxygen atoms in total. The summed E-state index contributed by atoms with van der Waals surface area (Å²) in [4.78, 5) is 14.1. The van der Waals surface area contributed by atoms with Gasteiger partial charge in [0, 0.05) is 12.3 Å². The quantitative estimate of drug-likeness (QED) is 0.407. The number of benzene rings is 2. The van der Waals surface area contributed by atoms with Gasteiger partial charge in [0.1, 0.15) is 11.4 Å². The van der Waals surface area contributed by atoms with Crippen molar-refractivity contribution in [2.45, 2.75) is 96.7 Å². The lowest BCUT2D eigenvalue weighted by atomic mass is 9.44. The van der Waals surface area contributed by atoms with Crippen LogP contribution in [0.25, 0.3) is 0 Å². The van der Waals surface area contributed by atoms with Crippen molar-refractivity contribution in [3.63, 3.8) is 0 Å². The molecule has 4 aliphatic rings. The Morgan fingerprint density at radius 1 is 0.897 bits per heavy atom. The van der Waals surface area contributed by atoms with Crippen molar-refractivity contribution in [3.8, 4) is 0 Å². The molecule has 0 bridgehead atoms. The van der Waals surface area contributed by atoms with E-state index in [0.29, 0.717) is 41.8 Å². The Balaban J connectivity index is 1.22. The molecule has 0 aromatic heterocycles. The highest BCUT2D eigenvalue weighted by molar-refractivity contribution is 5.84. The molecule has 4 saturated carbocycles. The number of ketones is 1. The van der Waals surface area contributed by atoms with Crippen LogP contribution in [0.5, 0.6) is 0 Å². The summed E-state index contributed by atoms with van der Waals surface area (Å²) in [5.74, 6) is 3.31. The van der Waals surface area contributed by atoms with Crippen LogP contribution in [-0.4, -0.2) is 22.1 Å². The van der Waals surface area contributed by atoms with Gasteiger partial charge in [0.2, 0.25) is 0 Å². The van der Waals surface area contributed by atoms with E-state index < -0.39 is 5.60 Å². The van der Waals surface area contributed by atoms with Gasteiger partial charge in [-0.1, -0.05) is 81.4 Å². The predicted octanol–water partition coefficient (Wildman–Crippen LogP) is 7.54. The second-order valence-corrected chi connectivity index (χ2v) is 14.4. The third kappa shape index (κ3) is 4.43. The first-order valence-electron chi connectivity index (χ1n) is 15.7. The molecule has 2 aromatic carbocycles. The molecule has 6 rings (SSSR count). The van der Waals surface area contributed by atoms with Gasteiger partial charge in [-0.05, 0) is 109 Å². The van der Waals surface area contributed by atoms with Crippen LogP contribution >= 0.6 is 0 Å². The molecule has 4 aliphatic carbocycles. The molecule has 0 saturated heterocycles. The van der Waals surface area contributed by atoms with Gasteiger partial charge in [-0.2, -0.15) is 0 Å². The highest BCUT2D eigenvalue weighted by atomic mass is 16.3. The van der Waals surface area contributed by atoms with Crippen LogP contribution in [0.1, 0.15) is 96.1 Å². The topological polar surface area (TPSA) is 57.5 Å². The molecule has 0 heterocycles. The van der Waals surface area contributed by atoms with Gasteiger partial charge in [-0.3, -0.25) is 4.79 Å². The Labute approximate surface area is 235 Å². The zero-order chi connectivity index (χ0) is 27.4. The summed E-state index contributed by atoms with van der Waals surface area (Å²) in [6.45, 7) is 7.22. The first-order valence-corrected chi connectivity index (χ1v) is 15.7. The Bertz CT molecular complexity index is 1120. The fraction of sp³-hybridized carbons (Fsp3) is 0.639. The molecular formula is C36H48O3. The first kappa shape index (κ1) is 27.2.